The number of allylic oxidation sites excluding steroid dienone is 1. The van der Waals surface area contributed by atoms with E-state index in [9.17, 15) is 0 Å². The Balaban J connectivity index is 2.41. The Morgan fingerprint density at radius 3 is 3.18 bits per heavy atom. The van der Waals surface area contributed by atoms with Gasteiger partial charge in [-0.05, 0) is 31.7 Å². The van der Waals surface area contributed by atoms with Gasteiger partial charge in [0, 0.05) is 6.54 Å². The van der Waals surface area contributed by atoms with Crippen molar-refractivity contribution in [3.05, 3.63) is 11.6 Å². The second kappa shape index (κ2) is 4.55. The van der Waals surface area contributed by atoms with Gasteiger partial charge in [-0.1, -0.05) is 25.5 Å². The van der Waals surface area contributed by atoms with E-state index in [-0.39, 0.29) is 0 Å². The molecule has 1 heterocycles. The van der Waals surface area contributed by atoms with Crippen LogP contribution in [0.15, 0.2) is 11.6 Å². The molecule has 0 radical (unpaired) electrons. The zero-order valence-electron chi connectivity index (χ0n) is 7.69. The lowest BCUT2D eigenvalue weighted by Crippen LogP contribution is -2.23. The van der Waals surface area contributed by atoms with E-state index in [0.29, 0.717) is 0 Å². The van der Waals surface area contributed by atoms with Crippen molar-refractivity contribution in [2.45, 2.75) is 33.1 Å². The third-order valence-electron chi connectivity index (χ3n) is 2.44. The maximum atomic E-state index is 3.42. The topological polar surface area (TPSA) is 12.0 Å². The highest BCUT2D eigenvalue weighted by molar-refractivity contribution is 5.03. The lowest BCUT2D eigenvalue weighted by atomic mass is 9.98. The van der Waals surface area contributed by atoms with Gasteiger partial charge in [0.05, 0.1) is 0 Å². The molecule has 0 aromatic carbocycles. The quantitative estimate of drug-likeness (QED) is 0.570. The van der Waals surface area contributed by atoms with Crippen LogP contribution >= 0.6 is 0 Å². The van der Waals surface area contributed by atoms with Crippen molar-refractivity contribution in [3.8, 4) is 0 Å². The molecule has 1 atom stereocenters. The highest BCUT2D eigenvalue weighted by Gasteiger charge is 2.05. The summed E-state index contributed by atoms with van der Waals surface area (Å²) in [6.45, 7) is 6.84. The number of rotatable bonds is 1. The average molecular weight is 153 g/mol. The minimum Gasteiger partial charge on any atom is -0.313 e. The van der Waals surface area contributed by atoms with Crippen LogP contribution in [0.3, 0.4) is 0 Å². The normalized spacial score (nSPS) is 27.1. The van der Waals surface area contributed by atoms with Crippen molar-refractivity contribution in [3.63, 3.8) is 0 Å². The van der Waals surface area contributed by atoms with Crippen molar-refractivity contribution in [2.24, 2.45) is 5.92 Å². The van der Waals surface area contributed by atoms with Crippen molar-refractivity contribution in [1.29, 1.82) is 0 Å². The summed E-state index contributed by atoms with van der Waals surface area (Å²) in [5.74, 6) is 0.852. The Morgan fingerprint density at radius 2 is 2.45 bits per heavy atom. The van der Waals surface area contributed by atoms with Gasteiger partial charge >= 0.3 is 0 Å². The first-order valence-electron chi connectivity index (χ1n) is 4.71. The zero-order chi connectivity index (χ0) is 8.10. The largest absolute Gasteiger partial charge is 0.313 e. The summed E-state index contributed by atoms with van der Waals surface area (Å²) < 4.78 is 0. The molecule has 0 bridgehead atoms. The average Bonchev–Trinajstić information content (AvgIpc) is 1.98. The molecule has 1 heteroatoms. The van der Waals surface area contributed by atoms with Crippen LogP contribution in [0.1, 0.15) is 33.1 Å². The maximum Gasteiger partial charge on any atom is 0.0137 e. The van der Waals surface area contributed by atoms with Gasteiger partial charge in [-0.15, -0.1) is 0 Å². The van der Waals surface area contributed by atoms with E-state index in [2.05, 4.69) is 25.2 Å². The SMILES string of the molecule is CCC1=CCNCC(C)CC1. The Hall–Kier alpha value is -0.300. The molecule has 0 aliphatic carbocycles. The molecule has 0 spiro atoms. The number of nitrogens with one attached hydrogen (secondary N) is 1. The van der Waals surface area contributed by atoms with Crippen LogP contribution < -0.4 is 5.32 Å². The Kier molecular flexibility index (Phi) is 3.64. The predicted octanol–water partition coefficient (Wildman–Crippen LogP) is 2.34. The number of hydrogen-bond donors (Lipinski definition) is 1. The van der Waals surface area contributed by atoms with Gasteiger partial charge in [-0.25, -0.2) is 0 Å². The third-order valence-corrected chi connectivity index (χ3v) is 2.44. The Bertz CT molecular complexity index is 138. The summed E-state index contributed by atoms with van der Waals surface area (Å²) in [5.41, 5.74) is 1.63. The molecule has 1 aliphatic rings. The standard InChI is InChI=1S/C10H19N/c1-3-10-5-4-9(2)8-11-7-6-10/h6,9,11H,3-5,7-8H2,1-2H3. The van der Waals surface area contributed by atoms with Gasteiger partial charge in [-0.2, -0.15) is 0 Å². The maximum absolute atomic E-state index is 3.42. The lowest BCUT2D eigenvalue weighted by Gasteiger charge is -2.16. The van der Waals surface area contributed by atoms with E-state index in [4.69, 9.17) is 0 Å². The predicted molar refractivity (Wildman–Crippen MR) is 49.6 cm³/mol. The van der Waals surface area contributed by atoms with Crippen molar-refractivity contribution < 1.29 is 0 Å². The minimum absolute atomic E-state index is 0.852. The van der Waals surface area contributed by atoms with E-state index in [0.717, 1.165) is 12.5 Å². The highest BCUT2D eigenvalue weighted by atomic mass is 14.8. The second-order valence-electron chi connectivity index (χ2n) is 3.52. The molecule has 0 saturated heterocycles. The molecule has 1 unspecified atom stereocenters. The van der Waals surface area contributed by atoms with Gasteiger partial charge < -0.3 is 5.32 Å². The van der Waals surface area contributed by atoms with Gasteiger partial charge in [0.1, 0.15) is 0 Å². The smallest absolute Gasteiger partial charge is 0.0137 e. The summed E-state index contributed by atoms with van der Waals surface area (Å²) in [5, 5.41) is 3.42. The monoisotopic (exact) mass is 153 g/mol. The molecular formula is C10H19N. The van der Waals surface area contributed by atoms with Crippen LogP contribution in [-0.2, 0) is 0 Å². The van der Waals surface area contributed by atoms with E-state index >= 15 is 0 Å². The van der Waals surface area contributed by atoms with Crippen molar-refractivity contribution in [2.75, 3.05) is 13.1 Å². The third kappa shape index (κ3) is 3.06. The summed E-state index contributed by atoms with van der Waals surface area (Å²) in [4.78, 5) is 0. The molecule has 1 nitrogen and oxygen atoms in total. The van der Waals surface area contributed by atoms with Crippen LogP contribution in [0.5, 0.6) is 0 Å². The van der Waals surface area contributed by atoms with Crippen LogP contribution in [0, 0.1) is 5.92 Å². The van der Waals surface area contributed by atoms with Crippen molar-refractivity contribution >= 4 is 0 Å². The van der Waals surface area contributed by atoms with Gasteiger partial charge in [0.2, 0.25) is 0 Å². The first-order valence-corrected chi connectivity index (χ1v) is 4.71. The molecule has 0 amide bonds. The van der Waals surface area contributed by atoms with E-state index in [1.54, 1.807) is 5.57 Å². The van der Waals surface area contributed by atoms with Crippen LogP contribution in [0.25, 0.3) is 0 Å². The molecule has 0 saturated carbocycles. The first kappa shape index (κ1) is 8.79. The number of hydrogen-bond acceptors (Lipinski definition) is 1. The Labute approximate surface area is 69.9 Å². The summed E-state index contributed by atoms with van der Waals surface area (Å²) >= 11 is 0. The van der Waals surface area contributed by atoms with Crippen LogP contribution in [-0.4, -0.2) is 13.1 Å². The second-order valence-corrected chi connectivity index (χ2v) is 3.52. The highest BCUT2D eigenvalue weighted by Crippen LogP contribution is 2.15. The molecular weight excluding hydrogens is 134 g/mol. The van der Waals surface area contributed by atoms with E-state index < -0.39 is 0 Å². The zero-order valence-corrected chi connectivity index (χ0v) is 7.69. The van der Waals surface area contributed by atoms with Gasteiger partial charge in [0.15, 0.2) is 0 Å². The molecule has 64 valence electrons. The first-order chi connectivity index (χ1) is 5.33. The fourth-order valence-electron chi connectivity index (χ4n) is 1.50. The molecule has 1 rings (SSSR count). The summed E-state index contributed by atoms with van der Waals surface area (Å²) in [6.07, 6.45) is 6.26. The molecule has 1 N–H and O–H groups in total. The van der Waals surface area contributed by atoms with Gasteiger partial charge in [-0.3, -0.25) is 0 Å². The van der Waals surface area contributed by atoms with Crippen LogP contribution in [0.2, 0.25) is 0 Å². The molecule has 0 aromatic rings. The molecule has 11 heavy (non-hydrogen) atoms. The van der Waals surface area contributed by atoms with Crippen molar-refractivity contribution in [1.82, 2.24) is 5.32 Å². The van der Waals surface area contributed by atoms with E-state index in [1.807, 2.05) is 0 Å². The van der Waals surface area contributed by atoms with Crippen LogP contribution in [0.4, 0.5) is 0 Å². The molecule has 0 aromatic heterocycles. The summed E-state index contributed by atoms with van der Waals surface area (Å²) in [7, 11) is 0. The minimum atomic E-state index is 0.852. The van der Waals surface area contributed by atoms with E-state index in [1.165, 1.54) is 25.8 Å². The molecule has 1 aliphatic heterocycles. The van der Waals surface area contributed by atoms with Gasteiger partial charge in [0.25, 0.3) is 0 Å². The Morgan fingerprint density at radius 1 is 1.64 bits per heavy atom. The fraction of sp³-hybridized carbons (Fsp3) is 0.800. The lowest BCUT2D eigenvalue weighted by molar-refractivity contribution is 0.481. The molecule has 0 fully saturated rings. The summed E-state index contributed by atoms with van der Waals surface area (Å²) in [6, 6.07) is 0. The fourth-order valence-corrected chi connectivity index (χ4v) is 1.50.